The first-order chi connectivity index (χ1) is 6.36. The number of nitrogens with zero attached hydrogens (tertiary/aromatic N) is 1. The van der Waals surface area contributed by atoms with E-state index in [1.54, 1.807) is 6.92 Å². The van der Waals surface area contributed by atoms with Crippen molar-refractivity contribution in [3.63, 3.8) is 0 Å². The summed E-state index contributed by atoms with van der Waals surface area (Å²) in [5, 5.41) is 0. The Morgan fingerprint density at radius 2 is 2.00 bits per heavy atom. The lowest BCUT2D eigenvalue weighted by Crippen LogP contribution is -2.71. The van der Waals surface area contributed by atoms with Gasteiger partial charge in [-0.2, -0.15) is 13.2 Å². The van der Waals surface area contributed by atoms with Crippen LogP contribution >= 0.6 is 0 Å². The number of amides is 1. The summed E-state index contributed by atoms with van der Waals surface area (Å²) in [4.78, 5) is 12.2. The molecule has 1 heterocycles. The van der Waals surface area contributed by atoms with E-state index in [-0.39, 0.29) is 25.4 Å². The maximum Gasteiger partial charge on any atom is 0.420 e. The van der Waals surface area contributed by atoms with Gasteiger partial charge in [0.15, 0.2) is 5.60 Å². The van der Waals surface area contributed by atoms with Crippen molar-refractivity contribution in [3.05, 3.63) is 0 Å². The maximum atomic E-state index is 12.4. The molecule has 1 rings (SSSR count). The molecule has 0 radical (unpaired) electrons. The Morgan fingerprint density at radius 1 is 1.50 bits per heavy atom. The highest BCUT2D eigenvalue weighted by Gasteiger charge is 2.63. The summed E-state index contributed by atoms with van der Waals surface area (Å²) >= 11 is 0. The Balaban J connectivity index is 2.62. The Hall–Kier alpha value is -0.780. The van der Waals surface area contributed by atoms with Crippen molar-refractivity contribution >= 4 is 5.91 Å². The normalized spacial score (nSPS) is 20.5. The van der Waals surface area contributed by atoms with Crippen LogP contribution in [0.15, 0.2) is 0 Å². The quantitative estimate of drug-likeness (QED) is 0.686. The van der Waals surface area contributed by atoms with E-state index < -0.39 is 11.8 Å². The summed E-state index contributed by atoms with van der Waals surface area (Å²) < 4.78 is 41.7. The van der Waals surface area contributed by atoms with Gasteiger partial charge in [-0.05, 0) is 0 Å². The van der Waals surface area contributed by atoms with Gasteiger partial charge in [-0.3, -0.25) is 4.79 Å². The highest BCUT2D eigenvalue weighted by atomic mass is 19.4. The number of carbonyl (C=O) groups is 1. The number of likely N-dealkylation sites (tertiary alicyclic amines) is 1. The number of carbonyl (C=O) groups excluding carboxylic acids is 1. The lowest BCUT2D eigenvalue weighted by Gasteiger charge is -2.49. The van der Waals surface area contributed by atoms with Crippen molar-refractivity contribution in [3.8, 4) is 0 Å². The monoisotopic (exact) mass is 211 g/mol. The summed E-state index contributed by atoms with van der Waals surface area (Å²) in [6, 6.07) is 0. The molecule has 1 aliphatic rings. The molecule has 0 atom stereocenters. The van der Waals surface area contributed by atoms with Gasteiger partial charge in [-0.25, -0.2) is 0 Å². The fourth-order valence-electron chi connectivity index (χ4n) is 1.39. The number of methoxy groups -OCH3 is 1. The minimum absolute atomic E-state index is 0.220. The van der Waals surface area contributed by atoms with E-state index in [0.717, 1.165) is 12.0 Å². The van der Waals surface area contributed by atoms with E-state index in [1.165, 1.54) is 0 Å². The Bertz CT molecular complexity index is 233. The molecule has 1 saturated heterocycles. The topological polar surface area (TPSA) is 29.5 Å². The number of halogens is 3. The smallest absolute Gasteiger partial charge is 0.365 e. The zero-order valence-corrected chi connectivity index (χ0v) is 8.02. The Kier molecular flexibility index (Phi) is 2.76. The van der Waals surface area contributed by atoms with Gasteiger partial charge in [0, 0.05) is 13.5 Å². The van der Waals surface area contributed by atoms with Crippen molar-refractivity contribution in [1.82, 2.24) is 4.90 Å². The van der Waals surface area contributed by atoms with Crippen LogP contribution in [0.3, 0.4) is 0 Å². The van der Waals surface area contributed by atoms with Crippen molar-refractivity contribution in [2.75, 3.05) is 20.2 Å². The lowest BCUT2D eigenvalue weighted by molar-refractivity contribution is -0.306. The summed E-state index contributed by atoms with van der Waals surface area (Å²) in [6.45, 7) is 0.835. The molecule has 0 spiro atoms. The lowest BCUT2D eigenvalue weighted by atomic mass is 9.92. The molecule has 3 nitrogen and oxygen atoms in total. The number of rotatable bonds is 2. The fourth-order valence-corrected chi connectivity index (χ4v) is 1.39. The summed E-state index contributed by atoms with van der Waals surface area (Å²) in [5.74, 6) is -0.276. The molecule has 1 aliphatic heterocycles. The van der Waals surface area contributed by atoms with E-state index in [9.17, 15) is 18.0 Å². The van der Waals surface area contributed by atoms with Crippen LogP contribution in [0.5, 0.6) is 0 Å². The van der Waals surface area contributed by atoms with Gasteiger partial charge in [0.2, 0.25) is 5.91 Å². The van der Waals surface area contributed by atoms with Gasteiger partial charge in [0.1, 0.15) is 0 Å². The van der Waals surface area contributed by atoms with Crippen LogP contribution < -0.4 is 0 Å². The molecule has 0 N–H and O–H groups in total. The van der Waals surface area contributed by atoms with Crippen LogP contribution in [0.25, 0.3) is 0 Å². The van der Waals surface area contributed by atoms with Crippen LogP contribution in [0.2, 0.25) is 0 Å². The molecular weight excluding hydrogens is 199 g/mol. The molecule has 0 saturated carbocycles. The van der Waals surface area contributed by atoms with E-state index in [1.807, 2.05) is 0 Å². The van der Waals surface area contributed by atoms with Gasteiger partial charge < -0.3 is 9.64 Å². The zero-order valence-electron chi connectivity index (χ0n) is 8.02. The van der Waals surface area contributed by atoms with E-state index >= 15 is 0 Å². The van der Waals surface area contributed by atoms with Gasteiger partial charge in [-0.1, -0.05) is 6.92 Å². The minimum atomic E-state index is -4.41. The Morgan fingerprint density at radius 3 is 2.29 bits per heavy atom. The Labute approximate surface area is 79.8 Å². The van der Waals surface area contributed by atoms with Gasteiger partial charge in [-0.15, -0.1) is 0 Å². The zero-order chi connectivity index (χ0) is 11.0. The third kappa shape index (κ3) is 1.58. The molecule has 0 aromatic heterocycles. The average molecular weight is 211 g/mol. The van der Waals surface area contributed by atoms with Crippen LogP contribution in [0.1, 0.15) is 13.3 Å². The first-order valence-electron chi connectivity index (χ1n) is 4.26. The second kappa shape index (κ2) is 3.42. The molecule has 6 heteroatoms. The van der Waals surface area contributed by atoms with Crippen molar-refractivity contribution in [2.45, 2.75) is 25.1 Å². The second-order valence-electron chi connectivity index (χ2n) is 3.30. The number of alkyl halides is 3. The number of hydrogen-bond acceptors (Lipinski definition) is 2. The van der Waals surface area contributed by atoms with Gasteiger partial charge in [0.05, 0.1) is 13.1 Å². The van der Waals surface area contributed by atoms with Crippen molar-refractivity contribution in [1.29, 1.82) is 0 Å². The molecule has 82 valence electrons. The molecule has 0 unspecified atom stereocenters. The van der Waals surface area contributed by atoms with Crippen molar-refractivity contribution in [2.24, 2.45) is 0 Å². The predicted octanol–water partition coefficient (Wildman–Crippen LogP) is 1.19. The SMILES string of the molecule is CCC(=O)N1CC(OC)(C(F)(F)F)C1. The average Bonchev–Trinajstić information content (AvgIpc) is 2.00. The van der Waals surface area contributed by atoms with Crippen LogP contribution in [0.4, 0.5) is 13.2 Å². The molecular formula is C8H12F3NO2. The predicted molar refractivity (Wildman–Crippen MR) is 42.7 cm³/mol. The first kappa shape index (κ1) is 11.3. The third-order valence-corrected chi connectivity index (χ3v) is 2.46. The van der Waals surface area contributed by atoms with Crippen LogP contribution in [-0.4, -0.2) is 42.8 Å². The van der Waals surface area contributed by atoms with Gasteiger partial charge >= 0.3 is 6.18 Å². The number of ether oxygens (including phenoxy) is 1. The van der Waals surface area contributed by atoms with E-state index in [2.05, 4.69) is 4.74 Å². The summed E-state index contributed by atoms with van der Waals surface area (Å²) in [5.41, 5.74) is -2.14. The van der Waals surface area contributed by atoms with Gasteiger partial charge in [0.25, 0.3) is 0 Å². The summed E-state index contributed by atoms with van der Waals surface area (Å²) in [6.07, 6.45) is -4.19. The molecule has 1 fully saturated rings. The molecule has 1 amide bonds. The van der Waals surface area contributed by atoms with Crippen LogP contribution in [-0.2, 0) is 9.53 Å². The summed E-state index contributed by atoms with van der Waals surface area (Å²) in [7, 11) is 1.02. The van der Waals surface area contributed by atoms with E-state index in [4.69, 9.17) is 0 Å². The third-order valence-electron chi connectivity index (χ3n) is 2.46. The number of hydrogen-bond donors (Lipinski definition) is 0. The highest BCUT2D eigenvalue weighted by molar-refractivity contribution is 5.77. The molecule has 0 bridgehead atoms. The largest absolute Gasteiger partial charge is 0.420 e. The fraction of sp³-hybridized carbons (Fsp3) is 0.875. The molecule has 14 heavy (non-hydrogen) atoms. The molecule has 0 aliphatic carbocycles. The standard InChI is InChI=1S/C8H12F3NO2/c1-3-6(13)12-4-7(5-12,14-2)8(9,10)11/h3-5H2,1-2H3. The highest BCUT2D eigenvalue weighted by Crippen LogP contribution is 2.40. The second-order valence-corrected chi connectivity index (χ2v) is 3.30. The first-order valence-corrected chi connectivity index (χ1v) is 4.26. The molecule has 0 aromatic carbocycles. The maximum absolute atomic E-state index is 12.4. The van der Waals surface area contributed by atoms with Crippen LogP contribution in [0, 0.1) is 0 Å². The van der Waals surface area contributed by atoms with E-state index in [0.29, 0.717) is 0 Å². The van der Waals surface area contributed by atoms with Crippen molar-refractivity contribution < 1.29 is 22.7 Å². The minimum Gasteiger partial charge on any atom is -0.365 e. The molecule has 0 aromatic rings.